The van der Waals surface area contributed by atoms with Crippen LogP contribution < -0.4 is 0 Å². The fraction of sp³-hybridized carbons (Fsp3) is 0.625. The molecule has 0 amide bonds. The standard InChI is InChI=1S/C8H10FNO2/c9-5-2-1-3-7-8(5)6(4-11)10-12-7/h5,11H,1-4H2. The Balaban J connectivity index is 2.43. The molecular weight excluding hydrogens is 161 g/mol. The van der Waals surface area contributed by atoms with Gasteiger partial charge in [0.1, 0.15) is 17.6 Å². The molecule has 1 atom stereocenters. The third kappa shape index (κ3) is 1.03. The van der Waals surface area contributed by atoms with Gasteiger partial charge >= 0.3 is 0 Å². The van der Waals surface area contributed by atoms with E-state index in [1.54, 1.807) is 0 Å². The molecule has 0 spiro atoms. The third-order valence-corrected chi connectivity index (χ3v) is 2.20. The van der Waals surface area contributed by atoms with Crippen molar-refractivity contribution in [3.05, 3.63) is 17.0 Å². The summed E-state index contributed by atoms with van der Waals surface area (Å²) in [6, 6.07) is 0. The number of aryl methyl sites for hydroxylation is 1. The number of alkyl halides is 1. The first-order valence-corrected chi connectivity index (χ1v) is 4.05. The van der Waals surface area contributed by atoms with Crippen LogP contribution in [0.1, 0.15) is 36.0 Å². The van der Waals surface area contributed by atoms with Crippen molar-refractivity contribution in [1.82, 2.24) is 5.16 Å². The molecule has 1 heterocycles. The van der Waals surface area contributed by atoms with Crippen molar-refractivity contribution in [2.24, 2.45) is 0 Å². The Kier molecular flexibility index (Phi) is 1.84. The van der Waals surface area contributed by atoms with Crippen molar-refractivity contribution in [3.63, 3.8) is 0 Å². The third-order valence-electron chi connectivity index (χ3n) is 2.20. The predicted molar refractivity (Wildman–Crippen MR) is 39.2 cm³/mol. The first-order valence-electron chi connectivity index (χ1n) is 4.05. The van der Waals surface area contributed by atoms with Crippen molar-refractivity contribution in [3.8, 4) is 0 Å². The highest BCUT2D eigenvalue weighted by molar-refractivity contribution is 5.27. The number of aromatic nitrogens is 1. The Morgan fingerprint density at radius 2 is 2.50 bits per heavy atom. The zero-order chi connectivity index (χ0) is 8.55. The maximum atomic E-state index is 13.2. The van der Waals surface area contributed by atoms with E-state index < -0.39 is 6.17 Å². The first-order chi connectivity index (χ1) is 5.83. The Morgan fingerprint density at radius 3 is 3.25 bits per heavy atom. The molecule has 0 saturated heterocycles. The quantitative estimate of drug-likeness (QED) is 0.696. The zero-order valence-corrected chi connectivity index (χ0v) is 6.59. The van der Waals surface area contributed by atoms with Gasteiger partial charge in [0.15, 0.2) is 0 Å². The van der Waals surface area contributed by atoms with E-state index in [1.807, 2.05) is 0 Å². The van der Waals surface area contributed by atoms with Gasteiger partial charge in [0.05, 0.1) is 12.2 Å². The van der Waals surface area contributed by atoms with E-state index in [9.17, 15) is 4.39 Å². The van der Waals surface area contributed by atoms with Gasteiger partial charge in [-0.1, -0.05) is 5.16 Å². The highest BCUT2D eigenvalue weighted by Gasteiger charge is 2.27. The molecule has 1 unspecified atom stereocenters. The largest absolute Gasteiger partial charge is 0.390 e. The molecule has 0 bridgehead atoms. The van der Waals surface area contributed by atoms with Crippen molar-refractivity contribution >= 4 is 0 Å². The molecule has 1 aliphatic rings. The summed E-state index contributed by atoms with van der Waals surface area (Å²) < 4.78 is 18.1. The van der Waals surface area contributed by atoms with Crippen molar-refractivity contribution in [2.45, 2.75) is 32.0 Å². The van der Waals surface area contributed by atoms with E-state index in [4.69, 9.17) is 9.63 Å². The molecule has 0 fully saturated rings. The molecule has 1 N–H and O–H groups in total. The van der Waals surface area contributed by atoms with Gasteiger partial charge in [-0.05, 0) is 12.8 Å². The molecule has 1 aromatic heterocycles. The highest BCUT2D eigenvalue weighted by atomic mass is 19.1. The summed E-state index contributed by atoms with van der Waals surface area (Å²) in [5.74, 6) is 0.609. The van der Waals surface area contributed by atoms with Crippen LogP contribution >= 0.6 is 0 Å². The SMILES string of the molecule is OCc1noc2c1C(F)CCC2. The van der Waals surface area contributed by atoms with Crippen molar-refractivity contribution in [1.29, 1.82) is 0 Å². The average molecular weight is 171 g/mol. The number of fused-ring (bicyclic) bond motifs is 1. The van der Waals surface area contributed by atoms with Crippen molar-refractivity contribution < 1.29 is 14.0 Å². The maximum absolute atomic E-state index is 13.2. The molecule has 2 rings (SSSR count). The topological polar surface area (TPSA) is 46.3 Å². The lowest BCUT2D eigenvalue weighted by atomic mass is 9.95. The van der Waals surface area contributed by atoms with Crippen molar-refractivity contribution in [2.75, 3.05) is 0 Å². The predicted octanol–water partition coefficient (Wildman–Crippen LogP) is 1.51. The average Bonchev–Trinajstić information content (AvgIpc) is 2.49. The minimum Gasteiger partial charge on any atom is -0.390 e. The summed E-state index contributed by atoms with van der Waals surface area (Å²) in [6.07, 6.45) is 1.06. The van der Waals surface area contributed by atoms with Gasteiger partial charge < -0.3 is 9.63 Å². The van der Waals surface area contributed by atoms with E-state index >= 15 is 0 Å². The summed E-state index contributed by atoms with van der Waals surface area (Å²) in [5.41, 5.74) is 0.848. The highest BCUT2D eigenvalue weighted by Crippen LogP contribution is 2.34. The summed E-state index contributed by atoms with van der Waals surface area (Å²) >= 11 is 0. The second-order valence-electron chi connectivity index (χ2n) is 2.98. The Bertz CT molecular complexity index is 271. The molecule has 4 heteroatoms. The molecule has 1 aromatic rings. The van der Waals surface area contributed by atoms with Crippen LogP contribution in [0.4, 0.5) is 4.39 Å². The second-order valence-corrected chi connectivity index (χ2v) is 2.98. The molecule has 66 valence electrons. The van der Waals surface area contributed by atoms with Crippen LogP contribution in [0.2, 0.25) is 0 Å². The minimum absolute atomic E-state index is 0.237. The summed E-state index contributed by atoms with van der Waals surface area (Å²) in [5, 5.41) is 12.4. The number of nitrogens with zero attached hydrogens (tertiary/aromatic N) is 1. The zero-order valence-electron chi connectivity index (χ0n) is 6.59. The summed E-state index contributed by atoms with van der Waals surface area (Å²) in [4.78, 5) is 0. The Hall–Kier alpha value is -0.900. The van der Waals surface area contributed by atoms with Crippen LogP contribution in [-0.2, 0) is 13.0 Å². The molecular formula is C8H10FNO2. The summed E-state index contributed by atoms with van der Waals surface area (Å²) in [6.45, 7) is -0.237. The smallest absolute Gasteiger partial charge is 0.143 e. The van der Waals surface area contributed by atoms with E-state index in [0.717, 1.165) is 12.8 Å². The number of halogens is 1. The number of aliphatic hydroxyl groups excluding tert-OH is 1. The second kappa shape index (κ2) is 2.86. The van der Waals surface area contributed by atoms with E-state index in [1.165, 1.54) is 0 Å². The molecule has 0 aliphatic heterocycles. The van der Waals surface area contributed by atoms with Gasteiger partial charge in [-0.25, -0.2) is 4.39 Å². The fourth-order valence-electron chi connectivity index (χ4n) is 1.61. The minimum atomic E-state index is -0.998. The van der Waals surface area contributed by atoms with Gasteiger partial charge in [-0.15, -0.1) is 0 Å². The first kappa shape index (κ1) is 7.73. The van der Waals surface area contributed by atoms with Crippen LogP contribution in [0.15, 0.2) is 4.52 Å². The molecule has 0 aromatic carbocycles. The van der Waals surface area contributed by atoms with Crippen LogP contribution in [0.3, 0.4) is 0 Å². The molecule has 1 aliphatic carbocycles. The fourth-order valence-corrected chi connectivity index (χ4v) is 1.61. The van der Waals surface area contributed by atoms with Gasteiger partial charge in [-0.2, -0.15) is 0 Å². The maximum Gasteiger partial charge on any atom is 0.143 e. The molecule has 0 radical (unpaired) electrons. The normalized spacial score (nSPS) is 22.3. The molecule has 3 nitrogen and oxygen atoms in total. The molecule has 0 saturated carbocycles. The monoisotopic (exact) mass is 171 g/mol. The van der Waals surface area contributed by atoms with Gasteiger partial charge in [-0.3, -0.25) is 0 Å². The van der Waals surface area contributed by atoms with Crippen LogP contribution in [0.25, 0.3) is 0 Å². The molecule has 12 heavy (non-hydrogen) atoms. The van der Waals surface area contributed by atoms with Gasteiger partial charge in [0.25, 0.3) is 0 Å². The van der Waals surface area contributed by atoms with Crippen LogP contribution in [0.5, 0.6) is 0 Å². The number of hydrogen-bond acceptors (Lipinski definition) is 3. The number of hydrogen-bond donors (Lipinski definition) is 1. The van der Waals surface area contributed by atoms with Gasteiger partial charge in [0, 0.05) is 6.42 Å². The van der Waals surface area contributed by atoms with E-state index in [2.05, 4.69) is 5.16 Å². The lowest BCUT2D eigenvalue weighted by Gasteiger charge is -2.13. The van der Waals surface area contributed by atoms with E-state index in [-0.39, 0.29) is 6.61 Å². The van der Waals surface area contributed by atoms with Crippen LogP contribution in [-0.4, -0.2) is 10.3 Å². The lowest BCUT2D eigenvalue weighted by Crippen LogP contribution is -2.05. The number of aliphatic hydroxyl groups is 1. The number of rotatable bonds is 1. The Labute approximate surface area is 69.2 Å². The Morgan fingerprint density at radius 1 is 1.67 bits per heavy atom. The summed E-state index contributed by atoms with van der Waals surface area (Å²) in [7, 11) is 0. The lowest BCUT2D eigenvalue weighted by molar-refractivity contribution is 0.260. The van der Waals surface area contributed by atoms with Gasteiger partial charge in [0.2, 0.25) is 0 Å². The van der Waals surface area contributed by atoms with Crippen LogP contribution in [0, 0.1) is 0 Å². The van der Waals surface area contributed by atoms with E-state index in [0.29, 0.717) is 23.4 Å².